The van der Waals surface area contributed by atoms with Crippen molar-refractivity contribution in [3.05, 3.63) is 77.9 Å². The predicted octanol–water partition coefficient (Wildman–Crippen LogP) is 4.99. The molecular weight excluding hydrogens is 526 g/mol. The number of carbonyl (C=O) groups is 2. The van der Waals surface area contributed by atoms with E-state index >= 15 is 0 Å². The predicted molar refractivity (Wildman–Crippen MR) is 155 cm³/mol. The number of benzene rings is 1. The molecule has 1 aromatic carbocycles. The molecule has 2 amide bonds. The van der Waals surface area contributed by atoms with Gasteiger partial charge in [0.15, 0.2) is 5.16 Å². The monoisotopic (exact) mass is 561 g/mol. The highest BCUT2D eigenvalue weighted by atomic mass is 32.2. The molecule has 210 valence electrons. The number of ether oxygens (including phenoxy) is 2. The number of allylic oxidation sites excluding steroid dienone is 2. The lowest BCUT2D eigenvalue weighted by Gasteiger charge is -2.37. The van der Waals surface area contributed by atoms with Gasteiger partial charge in [0.25, 0.3) is 0 Å². The van der Waals surface area contributed by atoms with E-state index in [0.717, 1.165) is 29.8 Å². The highest BCUT2D eigenvalue weighted by Gasteiger charge is 2.37. The lowest BCUT2D eigenvalue weighted by atomic mass is 9.86. The average Bonchev–Trinajstić information content (AvgIpc) is 2.96. The highest BCUT2D eigenvalue weighted by molar-refractivity contribution is 7.99. The van der Waals surface area contributed by atoms with Crippen LogP contribution in [0, 0.1) is 19.8 Å². The number of thioether (sulfide) groups is 1. The van der Waals surface area contributed by atoms with Crippen molar-refractivity contribution in [2.24, 2.45) is 5.92 Å². The molecule has 0 saturated carbocycles. The maximum absolute atomic E-state index is 14.1. The molecule has 2 atom stereocenters. The molecule has 40 heavy (non-hydrogen) atoms. The van der Waals surface area contributed by atoms with Crippen LogP contribution in [0.15, 0.2) is 66.1 Å². The average molecular weight is 562 g/mol. The molecule has 1 aliphatic rings. The Balaban J connectivity index is 1.66. The van der Waals surface area contributed by atoms with Gasteiger partial charge in [0.05, 0.1) is 25.7 Å². The smallest absolute Gasteiger partial charge is 0.247 e. The molecule has 1 aliphatic carbocycles. The van der Waals surface area contributed by atoms with Crippen LogP contribution in [0.4, 0.5) is 5.69 Å². The quantitative estimate of drug-likeness (QED) is 0.198. The molecule has 4 rings (SSSR count). The first kappa shape index (κ1) is 29.1. The fraction of sp³-hybridized carbons (Fsp3) is 0.367. The Bertz CT molecular complexity index is 1330. The Morgan fingerprint density at radius 2 is 1.90 bits per heavy atom. The highest BCUT2D eigenvalue weighted by Crippen LogP contribution is 2.32. The number of hydrogen-bond donors (Lipinski definition) is 1. The Morgan fingerprint density at radius 3 is 2.55 bits per heavy atom. The van der Waals surface area contributed by atoms with Crippen molar-refractivity contribution in [2.75, 3.05) is 25.3 Å². The van der Waals surface area contributed by atoms with E-state index in [2.05, 4.69) is 32.4 Å². The standard InChI is InChI=1S/C30H35N5O4S/c1-20-15-21(2)33-30(32-20)40-19-27(36)35(18-22-9-8-14-31-17-22)28(23-10-6-5-7-11-23)29(37)34-25-13-12-24(38-3)16-26(25)39-4/h5-6,8-9,12-17,23,28H,7,10-11,18-19H2,1-4H3,(H,34,37). The Hall–Kier alpha value is -3.92. The maximum Gasteiger partial charge on any atom is 0.247 e. The summed E-state index contributed by atoms with van der Waals surface area (Å²) in [6.07, 6.45) is 9.96. The second-order valence-corrected chi connectivity index (χ2v) is 10.6. The van der Waals surface area contributed by atoms with Gasteiger partial charge in [-0.15, -0.1) is 0 Å². The molecule has 2 unspecified atom stereocenters. The third kappa shape index (κ3) is 7.59. The number of pyridine rings is 1. The van der Waals surface area contributed by atoms with E-state index in [-0.39, 0.29) is 30.0 Å². The minimum atomic E-state index is -0.717. The SMILES string of the molecule is COc1ccc(NC(=O)C(C2CC=CCC2)N(Cc2cccnc2)C(=O)CSc2nc(C)cc(C)n2)c(OC)c1. The second kappa shape index (κ2) is 13.9. The van der Waals surface area contributed by atoms with E-state index in [1.807, 2.05) is 32.0 Å². The number of aromatic nitrogens is 3. The van der Waals surface area contributed by atoms with Crippen LogP contribution in [0.2, 0.25) is 0 Å². The molecule has 2 aromatic heterocycles. The summed E-state index contributed by atoms with van der Waals surface area (Å²) >= 11 is 1.28. The molecule has 0 spiro atoms. The zero-order valence-corrected chi connectivity index (χ0v) is 24.1. The van der Waals surface area contributed by atoms with Gasteiger partial charge in [0.2, 0.25) is 11.8 Å². The van der Waals surface area contributed by atoms with Crippen molar-refractivity contribution in [1.29, 1.82) is 0 Å². The number of nitrogens with one attached hydrogen (secondary N) is 1. The number of methoxy groups -OCH3 is 2. The summed E-state index contributed by atoms with van der Waals surface area (Å²) in [7, 11) is 3.11. The number of hydrogen-bond acceptors (Lipinski definition) is 8. The summed E-state index contributed by atoms with van der Waals surface area (Å²) in [5.74, 6) is 0.686. The molecule has 0 fully saturated rings. The molecule has 1 N–H and O–H groups in total. The van der Waals surface area contributed by atoms with Gasteiger partial charge >= 0.3 is 0 Å². The van der Waals surface area contributed by atoms with Crippen LogP contribution in [0.25, 0.3) is 0 Å². The van der Waals surface area contributed by atoms with Crippen LogP contribution < -0.4 is 14.8 Å². The molecule has 0 radical (unpaired) electrons. The lowest BCUT2D eigenvalue weighted by Crippen LogP contribution is -2.52. The van der Waals surface area contributed by atoms with E-state index in [0.29, 0.717) is 28.8 Å². The van der Waals surface area contributed by atoms with Crippen LogP contribution in [0.5, 0.6) is 11.5 Å². The molecule has 3 aromatic rings. The molecule has 0 bridgehead atoms. The Morgan fingerprint density at radius 1 is 1.10 bits per heavy atom. The second-order valence-electron chi connectivity index (χ2n) is 9.65. The number of anilines is 1. The zero-order valence-electron chi connectivity index (χ0n) is 23.3. The van der Waals surface area contributed by atoms with Crippen LogP contribution in [0.1, 0.15) is 36.2 Å². The first-order valence-electron chi connectivity index (χ1n) is 13.2. The summed E-state index contributed by atoms with van der Waals surface area (Å²) in [5.41, 5.74) is 3.04. The minimum Gasteiger partial charge on any atom is -0.497 e. The van der Waals surface area contributed by atoms with E-state index in [4.69, 9.17) is 9.47 Å². The third-order valence-electron chi connectivity index (χ3n) is 6.71. The van der Waals surface area contributed by atoms with Crippen molar-refractivity contribution in [3.8, 4) is 11.5 Å². The first-order chi connectivity index (χ1) is 19.4. The van der Waals surface area contributed by atoms with Gasteiger partial charge in [-0.2, -0.15) is 0 Å². The number of aryl methyl sites for hydroxylation is 2. The van der Waals surface area contributed by atoms with Gasteiger partial charge in [-0.3, -0.25) is 14.6 Å². The van der Waals surface area contributed by atoms with Gasteiger partial charge in [-0.1, -0.05) is 30.0 Å². The van der Waals surface area contributed by atoms with Crippen LogP contribution >= 0.6 is 11.8 Å². The summed E-state index contributed by atoms with van der Waals surface area (Å²) in [4.78, 5) is 42.8. The van der Waals surface area contributed by atoms with Gasteiger partial charge in [-0.25, -0.2) is 9.97 Å². The van der Waals surface area contributed by atoms with E-state index < -0.39 is 6.04 Å². The number of amides is 2. The van der Waals surface area contributed by atoms with E-state index in [1.54, 1.807) is 49.7 Å². The number of carbonyl (C=O) groups excluding carboxylic acids is 2. The summed E-state index contributed by atoms with van der Waals surface area (Å²) < 4.78 is 10.8. The van der Waals surface area contributed by atoms with Crippen LogP contribution in [-0.2, 0) is 16.1 Å². The van der Waals surface area contributed by atoms with Crippen molar-refractivity contribution in [2.45, 2.75) is 50.9 Å². The fourth-order valence-corrected chi connectivity index (χ4v) is 5.66. The molecule has 2 heterocycles. The Labute approximate surface area is 239 Å². The fourth-order valence-electron chi connectivity index (χ4n) is 4.82. The van der Waals surface area contributed by atoms with Crippen LogP contribution in [-0.4, -0.2) is 57.7 Å². The van der Waals surface area contributed by atoms with E-state index in [9.17, 15) is 9.59 Å². The molecule has 0 aliphatic heterocycles. The summed E-state index contributed by atoms with van der Waals surface area (Å²) in [6.45, 7) is 4.05. The normalized spacial score (nSPS) is 15.2. The van der Waals surface area contributed by atoms with Gasteiger partial charge in [0, 0.05) is 36.4 Å². The van der Waals surface area contributed by atoms with Crippen molar-refractivity contribution >= 4 is 29.3 Å². The van der Waals surface area contributed by atoms with Crippen molar-refractivity contribution < 1.29 is 19.1 Å². The molecule has 0 saturated heterocycles. The largest absolute Gasteiger partial charge is 0.497 e. The lowest BCUT2D eigenvalue weighted by molar-refractivity contribution is -0.139. The third-order valence-corrected chi connectivity index (χ3v) is 7.54. The van der Waals surface area contributed by atoms with E-state index in [1.165, 1.54) is 11.8 Å². The summed E-state index contributed by atoms with van der Waals surface area (Å²) in [6, 6.07) is 10.1. The van der Waals surface area contributed by atoms with Crippen molar-refractivity contribution in [1.82, 2.24) is 19.9 Å². The van der Waals surface area contributed by atoms with Crippen LogP contribution in [0.3, 0.4) is 0 Å². The van der Waals surface area contributed by atoms with Gasteiger partial charge in [-0.05, 0) is 68.9 Å². The Kier molecular flexibility index (Phi) is 10.1. The van der Waals surface area contributed by atoms with Gasteiger partial charge < -0.3 is 19.7 Å². The summed E-state index contributed by atoms with van der Waals surface area (Å²) in [5, 5.41) is 3.57. The zero-order chi connectivity index (χ0) is 28.5. The maximum atomic E-state index is 14.1. The van der Waals surface area contributed by atoms with Gasteiger partial charge in [0.1, 0.15) is 17.5 Å². The minimum absolute atomic E-state index is 0.0580. The molecular formula is C30H35N5O4S. The van der Waals surface area contributed by atoms with Crippen molar-refractivity contribution in [3.63, 3.8) is 0 Å². The first-order valence-corrected chi connectivity index (χ1v) is 14.2. The number of nitrogens with zero attached hydrogens (tertiary/aromatic N) is 4. The topological polar surface area (TPSA) is 107 Å². The molecule has 10 heteroatoms. The number of rotatable bonds is 11. The molecule has 9 nitrogen and oxygen atoms in total.